The Morgan fingerprint density at radius 1 is 1.09 bits per heavy atom. The molecular weight excluding hydrogens is 472 g/mol. The summed E-state index contributed by atoms with van der Waals surface area (Å²) < 4.78 is 13.5. The van der Waals surface area contributed by atoms with Crippen molar-refractivity contribution in [3.05, 3.63) is 65.7 Å². The number of hydrogen-bond acceptors (Lipinski definition) is 6. The number of carbonyl (C=O) groups is 1. The molecule has 5 aromatic rings. The molecule has 1 amide bonds. The Bertz CT molecular complexity index is 1490. The molecule has 34 heavy (non-hydrogen) atoms. The number of rotatable bonds is 7. The van der Waals surface area contributed by atoms with Crippen LogP contribution in [0.3, 0.4) is 0 Å². The summed E-state index contributed by atoms with van der Waals surface area (Å²) >= 11 is 7.32. The van der Waals surface area contributed by atoms with Gasteiger partial charge >= 0.3 is 0 Å². The SMILES string of the molecule is CCn1c(SCC(=O)Nc2cc3oc4ccccc4c3cc2OC)nnc1-c1ccc(Cl)cc1. The van der Waals surface area contributed by atoms with E-state index in [4.69, 9.17) is 20.8 Å². The number of thioether (sulfide) groups is 1. The molecule has 9 heteroatoms. The zero-order valence-electron chi connectivity index (χ0n) is 18.5. The van der Waals surface area contributed by atoms with Gasteiger partial charge in [0.05, 0.1) is 18.6 Å². The van der Waals surface area contributed by atoms with Gasteiger partial charge in [-0.15, -0.1) is 10.2 Å². The minimum Gasteiger partial charge on any atom is -0.495 e. The van der Waals surface area contributed by atoms with Crippen LogP contribution >= 0.6 is 23.4 Å². The van der Waals surface area contributed by atoms with Gasteiger partial charge in [0.25, 0.3) is 0 Å². The van der Waals surface area contributed by atoms with Crippen molar-refractivity contribution in [1.29, 1.82) is 0 Å². The van der Waals surface area contributed by atoms with Gasteiger partial charge in [-0.1, -0.05) is 41.6 Å². The molecule has 0 saturated heterocycles. The first-order valence-electron chi connectivity index (χ1n) is 10.7. The standard InChI is InChI=1S/C25H21ClN4O3S/c1-3-30-24(15-8-10-16(26)11-9-15)28-29-25(30)34-14-23(31)27-19-13-21-18(12-22(19)32-2)17-6-4-5-7-20(17)33-21/h4-13H,3,14H2,1-2H3,(H,27,31). The van der Waals surface area contributed by atoms with Crippen LogP contribution < -0.4 is 10.1 Å². The second-order valence-electron chi connectivity index (χ2n) is 7.54. The van der Waals surface area contributed by atoms with E-state index in [0.29, 0.717) is 33.7 Å². The molecule has 0 radical (unpaired) electrons. The van der Waals surface area contributed by atoms with Crippen molar-refractivity contribution in [2.45, 2.75) is 18.6 Å². The van der Waals surface area contributed by atoms with Crippen LogP contribution in [0.4, 0.5) is 5.69 Å². The summed E-state index contributed by atoms with van der Waals surface area (Å²) in [7, 11) is 1.58. The van der Waals surface area contributed by atoms with Crippen molar-refractivity contribution < 1.29 is 13.9 Å². The Balaban J connectivity index is 1.34. The van der Waals surface area contributed by atoms with E-state index in [1.807, 2.05) is 66.1 Å². The summed E-state index contributed by atoms with van der Waals surface area (Å²) in [5, 5.41) is 14.8. The van der Waals surface area contributed by atoms with Gasteiger partial charge in [0.1, 0.15) is 16.9 Å². The van der Waals surface area contributed by atoms with E-state index in [-0.39, 0.29) is 11.7 Å². The monoisotopic (exact) mass is 492 g/mol. The van der Waals surface area contributed by atoms with E-state index in [1.54, 1.807) is 13.2 Å². The third-order valence-electron chi connectivity index (χ3n) is 5.44. The summed E-state index contributed by atoms with van der Waals surface area (Å²) in [6.45, 7) is 2.69. The number of nitrogens with zero attached hydrogens (tertiary/aromatic N) is 3. The number of ether oxygens (including phenoxy) is 1. The van der Waals surface area contributed by atoms with Gasteiger partial charge in [-0.25, -0.2) is 0 Å². The van der Waals surface area contributed by atoms with Gasteiger partial charge in [-0.2, -0.15) is 0 Å². The molecule has 0 unspecified atom stereocenters. The number of hydrogen-bond donors (Lipinski definition) is 1. The lowest BCUT2D eigenvalue weighted by atomic mass is 10.1. The normalized spacial score (nSPS) is 11.3. The summed E-state index contributed by atoms with van der Waals surface area (Å²) in [5.74, 6) is 1.29. The van der Waals surface area contributed by atoms with Crippen LogP contribution in [0.1, 0.15) is 6.92 Å². The van der Waals surface area contributed by atoms with E-state index in [0.717, 1.165) is 27.7 Å². The number of aromatic nitrogens is 3. The summed E-state index contributed by atoms with van der Waals surface area (Å²) in [5.41, 5.74) is 2.94. The number of amides is 1. The largest absolute Gasteiger partial charge is 0.495 e. The maximum absolute atomic E-state index is 12.8. The molecular formula is C25H21ClN4O3S. The van der Waals surface area contributed by atoms with E-state index >= 15 is 0 Å². The summed E-state index contributed by atoms with van der Waals surface area (Å²) in [4.78, 5) is 12.8. The fourth-order valence-corrected chi connectivity index (χ4v) is 4.76. The summed E-state index contributed by atoms with van der Waals surface area (Å²) in [6.07, 6.45) is 0. The van der Waals surface area contributed by atoms with E-state index in [2.05, 4.69) is 15.5 Å². The molecule has 0 aliphatic rings. The van der Waals surface area contributed by atoms with Gasteiger partial charge in [0, 0.05) is 34.0 Å². The molecule has 3 aromatic carbocycles. The summed E-state index contributed by atoms with van der Waals surface area (Å²) in [6, 6.07) is 18.9. The highest BCUT2D eigenvalue weighted by molar-refractivity contribution is 7.99. The zero-order chi connectivity index (χ0) is 23.7. The van der Waals surface area contributed by atoms with Crippen molar-refractivity contribution in [2.75, 3.05) is 18.2 Å². The van der Waals surface area contributed by atoms with Crippen LogP contribution in [0.15, 0.2) is 70.2 Å². The minimum atomic E-state index is -0.183. The number of carbonyl (C=O) groups excluding carboxylic acids is 1. The van der Waals surface area contributed by atoms with Crippen molar-refractivity contribution >= 4 is 56.9 Å². The Kier molecular flexibility index (Phi) is 6.17. The minimum absolute atomic E-state index is 0.167. The highest BCUT2D eigenvalue weighted by Gasteiger charge is 2.17. The Morgan fingerprint density at radius 3 is 2.65 bits per heavy atom. The second-order valence-corrected chi connectivity index (χ2v) is 8.92. The smallest absolute Gasteiger partial charge is 0.234 e. The van der Waals surface area contributed by atoms with Crippen molar-refractivity contribution in [3.8, 4) is 17.1 Å². The van der Waals surface area contributed by atoms with Gasteiger partial charge in [-0.3, -0.25) is 4.79 Å². The van der Waals surface area contributed by atoms with Crippen molar-refractivity contribution in [3.63, 3.8) is 0 Å². The average Bonchev–Trinajstić information content (AvgIpc) is 3.43. The molecule has 1 N–H and O–H groups in total. The van der Waals surface area contributed by atoms with Gasteiger partial charge in [0.15, 0.2) is 11.0 Å². The predicted molar refractivity (Wildman–Crippen MR) is 136 cm³/mol. The molecule has 2 aromatic heterocycles. The number of nitrogens with one attached hydrogen (secondary N) is 1. The third-order valence-corrected chi connectivity index (χ3v) is 6.66. The van der Waals surface area contributed by atoms with Crippen LogP contribution in [0.25, 0.3) is 33.3 Å². The van der Waals surface area contributed by atoms with Crippen molar-refractivity contribution in [1.82, 2.24) is 14.8 Å². The van der Waals surface area contributed by atoms with E-state index in [9.17, 15) is 4.79 Å². The molecule has 2 heterocycles. The highest BCUT2D eigenvalue weighted by atomic mass is 35.5. The number of furan rings is 1. The maximum Gasteiger partial charge on any atom is 0.234 e. The first-order valence-corrected chi connectivity index (χ1v) is 12.0. The van der Waals surface area contributed by atoms with E-state index < -0.39 is 0 Å². The first kappa shape index (κ1) is 22.3. The van der Waals surface area contributed by atoms with Crippen LogP contribution in [-0.4, -0.2) is 33.5 Å². The number of para-hydroxylation sites is 1. The third kappa shape index (κ3) is 4.22. The number of methoxy groups -OCH3 is 1. The average molecular weight is 493 g/mol. The molecule has 7 nitrogen and oxygen atoms in total. The van der Waals surface area contributed by atoms with Crippen LogP contribution in [0.5, 0.6) is 5.75 Å². The lowest BCUT2D eigenvalue weighted by Crippen LogP contribution is -2.15. The molecule has 5 rings (SSSR count). The molecule has 0 fully saturated rings. The zero-order valence-corrected chi connectivity index (χ0v) is 20.1. The molecule has 0 bridgehead atoms. The molecule has 0 aliphatic heterocycles. The molecule has 172 valence electrons. The van der Waals surface area contributed by atoms with Gasteiger partial charge in [0.2, 0.25) is 5.91 Å². The Labute approximate surface area is 205 Å². The number of halogens is 1. The van der Waals surface area contributed by atoms with Crippen LogP contribution in [0, 0.1) is 0 Å². The highest BCUT2D eigenvalue weighted by Crippen LogP contribution is 2.36. The van der Waals surface area contributed by atoms with Crippen LogP contribution in [0.2, 0.25) is 5.02 Å². The van der Waals surface area contributed by atoms with Gasteiger partial charge < -0.3 is 19.0 Å². The molecule has 0 atom stereocenters. The first-order chi connectivity index (χ1) is 16.6. The quantitative estimate of drug-likeness (QED) is 0.270. The van der Waals surface area contributed by atoms with Crippen molar-refractivity contribution in [2.24, 2.45) is 0 Å². The number of anilines is 1. The number of benzene rings is 3. The maximum atomic E-state index is 12.8. The van der Waals surface area contributed by atoms with Gasteiger partial charge in [-0.05, 0) is 43.3 Å². The topological polar surface area (TPSA) is 82.2 Å². The molecule has 0 aliphatic carbocycles. The second kappa shape index (κ2) is 9.40. The lowest BCUT2D eigenvalue weighted by Gasteiger charge is -2.11. The molecule has 0 saturated carbocycles. The predicted octanol–water partition coefficient (Wildman–Crippen LogP) is 6.26. The van der Waals surface area contributed by atoms with Crippen LogP contribution in [-0.2, 0) is 11.3 Å². The Hall–Kier alpha value is -3.49. The fraction of sp³-hybridized carbons (Fsp3) is 0.160. The fourth-order valence-electron chi connectivity index (χ4n) is 3.83. The van der Waals surface area contributed by atoms with E-state index in [1.165, 1.54) is 11.8 Å². The lowest BCUT2D eigenvalue weighted by molar-refractivity contribution is -0.113. The number of fused-ring (bicyclic) bond motifs is 3. The molecule has 0 spiro atoms. The Morgan fingerprint density at radius 2 is 1.88 bits per heavy atom.